The summed E-state index contributed by atoms with van der Waals surface area (Å²) < 4.78 is 15.7. The summed E-state index contributed by atoms with van der Waals surface area (Å²) in [7, 11) is 0. The van der Waals surface area contributed by atoms with Gasteiger partial charge in [-0.25, -0.2) is 9.59 Å². The summed E-state index contributed by atoms with van der Waals surface area (Å²) in [6, 6.07) is 19.6. The molecule has 2 aromatic rings. The van der Waals surface area contributed by atoms with E-state index in [0.717, 1.165) is 24.0 Å². The maximum Gasteiger partial charge on any atom is 0.508 e. The quantitative estimate of drug-likeness (QED) is 0.546. The molecule has 1 aliphatic rings. The van der Waals surface area contributed by atoms with E-state index in [1.54, 1.807) is 12.2 Å². The minimum atomic E-state index is -0.663. The molecule has 0 heterocycles. The molecule has 0 atom stereocenters. The van der Waals surface area contributed by atoms with Crippen molar-refractivity contribution < 1.29 is 23.8 Å². The first-order valence-corrected chi connectivity index (χ1v) is 10.9. The Kier molecular flexibility index (Phi) is 9.39. The topological polar surface area (TPSA) is 73.9 Å². The molecule has 0 saturated heterocycles. The number of alkyl carbamates (subject to hydrolysis) is 1. The third-order valence-electron chi connectivity index (χ3n) is 5.09. The van der Waals surface area contributed by atoms with Crippen LogP contribution in [0.5, 0.6) is 0 Å². The van der Waals surface area contributed by atoms with Gasteiger partial charge in [-0.05, 0) is 49.0 Å². The Hall–Kier alpha value is -3.54. The molecule has 0 radical (unpaired) electrons. The van der Waals surface area contributed by atoms with Crippen molar-refractivity contribution in [1.29, 1.82) is 0 Å². The number of hydrogen-bond acceptors (Lipinski definition) is 5. The fraction of sp³-hybridized carbons (Fsp3) is 0.308. The lowest BCUT2D eigenvalue weighted by Gasteiger charge is -2.28. The summed E-state index contributed by atoms with van der Waals surface area (Å²) in [5.74, 6) is 0. The molecule has 168 valence electrons. The van der Waals surface area contributed by atoms with Crippen molar-refractivity contribution in [2.24, 2.45) is 0 Å². The standard InChI is InChI=1S/C26H29NO5/c28-25(30-19-7-13-21-9-3-1-4-10-21)27-23-15-17-24(18-16-23)32-26(29)31-20-8-14-22-11-5-2-6-12-22/h1-14,23-24H,15-20H2,(H,27,28)/b13-7+,14-8+. The summed E-state index contributed by atoms with van der Waals surface area (Å²) in [5, 5.41) is 2.87. The lowest BCUT2D eigenvalue weighted by atomic mass is 9.93. The first-order valence-electron chi connectivity index (χ1n) is 10.9. The number of carbonyl (C=O) groups excluding carboxylic acids is 2. The van der Waals surface area contributed by atoms with Gasteiger partial charge < -0.3 is 19.5 Å². The molecule has 1 fully saturated rings. The predicted molar refractivity (Wildman–Crippen MR) is 124 cm³/mol. The van der Waals surface area contributed by atoms with Crippen molar-refractivity contribution in [2.75, 3.05) is 13.2 Å². The van der Waals surface area contributed by atoms with Crippen LogP contribution in [-0.4, -0.2) is 37.6 Å². The van der Waals surface area contributed by atoms with Gasteiger partial charge in [0.2, 0.25) is 0 Å². The highest BCUT2D eigenvalue weighted by Gasteiger charge is 2.25. The second-order valence-electron chi connectivity index (χ2n) is 7.52. The Morgan fingerprint density at radius 1 is 0.781 bits per heavy atom. The van der Waals surface area contributed by atoms with Crippen molar-refractivity contribution in [3.63, 3.8) is 0 Å². The fourth-order valence-electron chi connectivity index (χ4n) is 3.44. The van der Waals surface area contributed by atoms with Crippen LogP contribution in [0.4, 0.5) is 9.59 Å². The molecule has 2 aromatic carbocycles. The van der Waals surface area contributed by atoms with E-state index < -0.39 is 12.2 Å². The minimum Gasteiger partial charge on any atom is -0.445 e. The van der Waals surface area contributed by atoms with Crippen LogP contribution in [0.1, 0.15) is 36.8 Å². The van der Waals surface area contributed by atoms with Crippen LogP contribution >= 0.6 is 0 Å². The van der Waals surface area contributed by atoms with Gasteiger partial charge in [0.25, 0.3) is 0 Å². The third kappa shape index (κ3) is 8.68. The zero-order valence-electron chi connectivity index (χ0n) is 18.0. The molecule has 6 heteroatoms. The van der Waals surface area contributed by atoms with Crippen molar-refractivity contribution in [3.8, 4) is 0 Å². The van der Waals surface area contributed by atoms with E-state index in [9.17, 15) is 9.59 Å². The SMILES string of the molecule is O=C(NC1CCC(OC(=O)OC/C=C/c2ccccc2)CC1)OC/C=C/c1ccccc1. The average Bonchev–Trinajstić information content (AvgIpc) is 2.82. The predicted octanol–water partition coefficient (Wildman–Crippen LogP) is 5.60. The summed E-state index contributed by atoms with van der Waals surface area (Å²) in [6.07, 6.45) is 8.89. The fourth-order valence-corrected chi connectivity index (χ4v) is 3.44. The first kappa shape index (κ1) is 23.1. The van der Waals surface area contributed by atoms with Gasteiger partial charge in [-0.15, -0.1) is 0 Å². The zero-order valence-corrected chi connectivity index (χ0v) is 18.0. The maximum absolute atomic E-state index is 12.0. The molecular weight excluding hydrogens is 406 g/mol. The summed E-state index contributed by atoms with van der Waals surface area (Å²) >= 11 is 0. The number of benzene rings is 2. The molecule has 6 nitrogen and oxygen atoms in total. The molecule has 0 spiro atoms. The maximum atomic E-state index is 12.0. The molecule has 1 saturated carbocycles. The highest BCUT2D eigenvalue weighted by molar-refractivity contribution is 5.68. The molecule has 1 aliphatic carbocycles. The minimum absolute atomic E-state index is 0.0188. The Labute approximate surface area is 188 Å². The van der Waals surface area contributed by atoms with E-state index in [1.165, 1.54) is 0 Å². The van der Waals surface area contributed by atoms with Gasteiger partial charge in [0.1, 0.15) is 19.3 Å². The molecule has 0 unspecified atom stereocenters. The van der Waals surface area contributed by atoms with Crippen LogP contribution in [0.25, 0.3) is 12.2 Å². The summed E-state index contributed by atoms with van der Waals surface area (Å²) in [4.78, 5) is 23.8. The number of amides is 1. The molecule has 1 N–H and O–H groups in total. The number of rotatable bonds is 8. The van der Waals surface area contributed by atoms with Crippen LogP contribution in [0.3, 0.4) is 0 Å². The Morgan fingerprint density at radius 2 is 1.31 bits per heavy atom. The molecule has 1 amide bonds. The van der Waals surface area contributed by atoms with Gasteiger partial charge in [-0.3, -0.25) is 0 Å². The zero-order chi connectivity index (χ0) is 22.4. The van der Waals surface area contributed by atoms with E-state index in [4.69, 9.17) is 14.2 Å². The van der Waals surface area contributed by atoms with Crippen molar-refractivity contribution in [2.45, 2.75) is 37.8 Å². The molecular formula is C26H29NO5. The number of carbonyl (C=O) groups is 2. The summed E-state index contributed by atoms with van der Waals surface area (Å²) in [5.41, 5.74) is 2.10. The molecule has 3 rings (SSSR count). The van der Waals surface area contributed by atoms with Gasteiger partial charge in [0.15, 0.2) is 0 Å². The lowest BCUT2D eigenvalue weighted by molar-refractivity contribution is 0.0131. The lowest BCUT2D eigenvalue weighted by Crippen LogP contribution is -2.39. The van der Waals surface area contributed by atoms with Gasteiger partial charge in [-0.2, -0.15) is 0 Å². The second-order valence-corrected chi connectivity index (χ2v) is 7.52. The molecule has 0 bridgehead atoms. The van der Waals surface area contributed by atoms with E-state index in [0.29, 0.717) is 12.8 Å². The van der Waals surface area contributed by atoms with Gasteiger partial charge in [-0.1, -0.05) is 72.8 Å². The van der Waals surface area contributed by atoms with E-state index in [-0.39, 0.29) is 25.4 Å². The molecule has 0 aromatic heterocycles. The van der Waals surface area contributed by atoms with Crippen molar-refractivity contribution in [3.05, 3.63) is 83.9 Å². The Balaban J connectivity index is 1.26. The van der Waals surface area contributed by atoms with Crippen LogP contribution in [0.2, 0.25) is 0 Å². The monoisotopic (exact) mass is 435 g/mol. The largest absolute Gasteiger partial charge is 0.508 e. The number of nitrogens with one attached hydrogen (secondary N) is 1. The van der Waals surface area contributed by atoms with E-state index in [1.807, 2.05) is 72.8 Å². The highest BCUT2D eigenvalue weighted by atomic mass is 16.7. The Bertz CT molecular complexity index is 811. The van der Waals surface area contributed by atoms with Crippen molar-refractivity contribution in [1.82, 2.24) is 5.32 Å². The molecule has 32 heavy (non-hydrogen) atoms. The first-order chi connectivity index (χ1) is 15.7. The van der Waals surface area contributed by atoms with Gasteiger partial charge in [0.05, 0.1) is 0 Å². The molecule has 0 aliphatic heterocycles. The summed E-state index contributed by atoms with van der Waals surface area (Å²) in [6.45, 7) is 0.374. The number of hydrogen-bond donors (Lipinski definition) is 1. The normalized spacial score (nSPS) is 18.4. The van der Waals surface area contributed by atoms with Gasteiger partial charge >= 0.3 is 12.2 Å². The second kappa shape index (κ2) is 13.0. The highest BCUT2D eigenvalue weighted by Crippen LogP contribution is 2.21. The average molecular weight is 436 g/mol. The smallest absolute Gasteiger partial charge is 0.445 e. The van der Waals surface area contributed by atoms with Crippen molar-refractivity contribution >= 4 is 24.4 Å². The number of ether oxygens (including phenoxy) is 3. The van der Waals surface area contributed by atoms with Crippen LogP contribution in [-0.2, 0) is 14.2 Å². The Morgan fingerprint density at radius 3 is 1.88 bits per heavy atom. The third-order valence-corrected chi connectivity index (χ3v) is 5.09. The van der Waals surface area contributed by atoms with Gasteiger partial charge in [0, 0.05) is 6.04 Å². The van der Waals surface area contributed by atoms with E-state index >= 15 is 0 Å². The van der Waals surface area contributed by atoms with Crippen LogP contribution < -0.4 is 5.32 Å². The van der Waals surface area contributed by atoms with E-state index in [2.05, 4.69) is 5.32 Å². The van der Waals surface area contributed by atoms with Crippen LogP contribution in [0.15, 0.2) is 72.8 Å². The van der Waals surface area contributed by atoms with Crippen LogP contribution in [0, 0.1) is 0 Å².